The van der Waals surface area contributed by atoms with Crippen LogP contribution in [0.5, 0.6) is 0 Å². The molecule has 2 rings (SSSR count). The molecule has 0 N–H and O–H groups in total. The van der Waals surface area contributed by atoms with E-state index in [-0.39, 0.29) is 5.71 Å². The lowest BCUT2D eigenvalue weighted by Crippen LogP contribution is -2.34. The third-order valence-corrected chi connectivity index (χ3v) is 3.86. The van der Waals surface area contributed by atoms with Crippen LogP contribution in [0.3, 0.4) is 0 Å². The van der Waals surface area contributed by atoms with Gasteiger partial charge in [0.2, 0.25) is 11.4 Å². The molecule has 26 heavy (non-hydrogen) atoms. The fraction of sp³-hybridized carbons (Fsp3) is 0.400. The summed E-state index contributed by atoms with van der Waals surface area (Å²) in [6.45, 7) is 8.67. The lowest BCUT2D eigenvalue weighted by molar-refractivity contribution is -0.150. The van der Waals surface area contributed by atoms with Crippen molar-refractivity contribution in [1.82, 2.24) is 0 Å². The molecule has 2 atom stereocenters. The number of allylic oxidation sites excluding steroid dienone is 1. The van der Waals surface area contributed by atoms with Crippen LogP contribution in [-0.2, 0) is 14.3 Å². The molecule has 0 aromatic heterocycles. The van der Waals surface area contributed by atoms with Gasteiger partial charge in [-0.2, -0.15) is 10.5 Å². The van der Waals surface area contributed by atoms with Crippen molar-refractivity contribution in [2.24, 2.45) is 4.99 Å². The Morgan fingerprint density at radius 1 is 1.23 bits per heavy atom. The summed E-state index contributed by atoms with van der Waals surface area (Å²) in [4.78, 5) is 17.0. The van der Waals surface area contributed by atoms with Crippen molar-refractivity contribution < 1.29 is 14.3 Å². The maximum atomic E-state index is 12.8. The topological polar surface area (TPSA) is 95.5 Å². The van der Waals surface area contributed by atoms with Crippen molar-refractivity contribution in [3.05, 3.63) is 47.2 Å². The fourth-order valence-corrected chi connectivity index (χ4v) is 3.00. The highest BCUT2D eigenvalue weighted by Gasteiger charge is 2.50. The van der Waals surface area contributed by atoms with Crippen molar-refractivity contribution >= 4 is 11.7 Å². The molecule has 6 nitrogen and oxygen atoms in total. The van der Waals surface area contributed by atoms with Crippen molar-refractivity contribution in [2.75, 3.05) is 0 Å². The molecule has 0 amide bonds. The van der Waals surface area contributed by atoms with Crippen molar-refractivity contribution in [3.8, 4) is 12.1 Å². The summed E-state index contributed by atoms with van der Waals surface area (Å²) in [6.07, 6.45) is 0. The quantitative estimate of drug-likeness (QED) is 0.612. The Morgan fingerprint density at radius 2 is 1.81 bits per heavy atom. The predicted octanol–water partition coefficient (Wildman–Crippen LogP) is 3.62. The van der Waals surface area contributed by atoms with Gasteiger partial charge in [0.1, 0.15) is 23.5 Å². The standard InChI is InChI=1S/C20H21N3O3/c1-13-16(18(24)26-19(2,3)4)17(14-9-7-6-8-10-14)20(5,25-13)23-15(11-21)12-22/h6-10,17H,1-5H3. The van der Waals surface area contributed by atoms with Crippen molar-refractivity contribution in [1.29, 1.82) is 10.5 Å². The van der Waals surface area contributed by atoms with Gasteiger partial charge in [0, 0.05) is 0 Å². The van der Waals surface area contributed by atoms with E-state index in [0.717, 1.165) is 5.56 Å². The summed E-state index contributed by atoms with van der Waals surface area (Å²) in [7, 11) is 0. The first kappa shape index (κ1) is 19.2. The Morgan fingerprint density at radius 3 is 2.31 bits per heavy atom. The van der Waals surface area contributed by atoms with Crippen LogP contribution in [-0.4, -0.2) is 23.0 Å². The van der Waals surface area contributed by atoms with E-state index < -0.39 is 23.2 Å². The highest BCUT2D eigenvalue weighted by molar-refractivity contribution is 6.10. The van der Waals surface area contributed by atoms with E-state index >= 15 is 0 Å². The van der Waals surface area contributed by atoms with E-state index in [1.54, 1.807) is 46.8 Å². The predicted molar refractivity (Wildman–Crippen MR) is 95.9 cm³/mol. The third-order valence-electron chi connectivity index (χ3n) is 3.86. The second-order valence-electron chi connectivity index (χ2n) is 7.16. The molecule has 0 aliphatic carbocycles. The van der Waals surface area contributed by atoms with Crippen LogP contribution in [0, 0.1) is 22.7 Å². The number of esters is 1. The van der Waals surface area contributed by atoms with E-state index in [1.165, 1.54) is 0 Å². The molecule has 1 aliphatic rings. The van der Waals surface area contributed by atoms with Gasteiger partial charge in [-0.05, 0) is 40.2 Å². The van der Waals surface area contributed by atoms with Crippen LogP contribution in [0.25, 0.3) is 0 Å². The first-order valence-electron chi connectivity index (χ1n) is 8.19. The van der Waals surface area contributed by atoms with Crippen LogP contribution in [0.4, 0.5) is 0 Å². The van der Waals surface area contributed by atoms with Gasteiger partial charge >= 0.3 is 5.97 Å². The number of rotatable bonds is 3. The molecule has 1 aromatic rings. The number of benzene rings is 1. The normalized spacial score (nSPS) is 22.0. The number of nitrogens with zero attached hydrogens (tertiary/aromatic N) is 3. The molecule has 1 heterocycles. The summed E-state index contributed by atoms with van der Waals surface area (Å²) in [5.41, 5.74) is -1.15. The van der Waals surface area contributed by atoms with Crippen molar-refractivity contribution in [3.63, 3.8) is 0 Å². The molecule has 0 fully saturated rings. The van der Waals surface area contributed by atoms with Gasteiger partial charge in [-0.15, -0.1) is 0 Å². The Bertz CT molecular complexity index is 835. The molecular formula is C20H21N3O3. The molecule has 0 saturated heterocycles. The Hall–Kier alpha value is -3.12. The summed E-state index contributed by atoms with van der Waals surface area (Å²) in [5, 5.41) is 18.2. The Balaban J connectivity index is 2.59. The van der Waals surface area contributed by atoms with Crippen LogP contribution < -0.4 is 0 Å². The van der Waals surface area contributed by atoms with E-state index in [0.29, 0.717) is 11.3 Å². The van der Waals surface area contributed by atoms with Gasteiger partial charge < -0.3 is 9.47 Å². The molecule has 2 unspecified atom stereocenters. The second-order valence-corrected chi connectivity index (χ2v) is 7.16. The van der Waals surface area contributed by atoms with Gasteiger partial charge in [-0.1, -0.05) is 30.3 Å². The first-order valence-corrected chi connectivity index (χ1v) is 8.19. The lowest BCUT2D eigenvalue weighted by atomic mass is 9.84. The van der Waals surface area contributed by atoms with E-state index in [2.05, 4.69) is 4.99 Å². The molecule has 6 heteroatoms. The van der Waals surface area contributed by atoms with Gasteiger partial charge in [-0.3, -0.25) is 0 Å². The van der Waals surface area contributed by atoms with E-state index in [4.69, 9.17) is 20.0 Å². The number of hydrogen-bond donors (Lipinski definition) is 0. The van der Waals surface area contributed by atoms with Crippen LogP contribution in [0.2, 0.25) is 0 Å². The zero-order valence-corrected chi connectivity index (χ0v) is 15.5. The first-order chi connectivity index (χ1) is 12.1. The maximum absolute atomic E-state index is 12.8. The average Bonchev–Trinajstić information content (AvgIpc) is 2.82. The summed E-state index contributed by atoms with van der Waals surface area (Å²) in [6, 6.07) is 12.7. The Labute approximate surface area is 153 Å². The van der Waals surface area contributed by atoms with Gasteiger partial charge in [0.15, 0.2) is 0 Å². The van der Waals surface area contributed by atoms with Crippen molar-refractivity contribution in [2.45, 2.75) is 51.9 Å². The number of ether oxygens (including phenoxy) is 2. The van der Waals surface area contributed by atoms with E-state index in [9.17, 15) is 4.79 Å². The third kappa shape index (κ3) is 3.92. The van der Waals surface area contributed by atoms with Gasteiger partial charge in [-0.25, -0.2) is 9.79 Å². The molecule has 134 valence electrons. The Kier molecular flexibility index (Phi) is 5.18. The highest BCUT2D eigenvalue weighted by Crippen LogP contribution is 2.47. The zero-order valence-electron chi connectivity index (χ0n) is 15.5. The molecule has 0 spiro atoms. The summed E-state index contributed by atoms with van der Waals surface area (Å²) < 4.78 is 11.4. The summed E-state index contributed by atoms with van der Waals surface area (Å²) >= 11 is 0. The highest BCUT2D eigenvalue weighted by atomic mass is 16.6. The smallest absolute Gasteiger partial charge is 0.338 e. The maximum Gasteiger partial charge on any atom is 0.338 e. The monoisotopic (exact) mass is 351 g/mol. The van der Waals surface area contributed by atoms with E-state index in [1.807, 2.05) is 30.3 Å². The molecule has 1 aromatic carbocycles. The largest absolute Gasteiger partial charge is 0.469 e. The average molecular weight is 351 g/mol. The van der Waals surface area contributed by atoms with Gasteiger partial charge in [0.05, 0.1) is 11.5 Å². The minimum absolute atomic E-state index is 0.313. The number of carbonyl (C=O) groups excluding carboxylic acids is 1. The zero-order chi connectivity index (χ0) is 19.5. The van der Waals surface area contributed by atoms with Crippen LogP contribution in [0.1, 0.15) is 46.1 Å². The number of nitriles is 2. The molecular weight excluding hydrogens is 330 g/mol. The lowest BCUT2D eigenvalue weighted by Gasteiger charge is -2.29. The van der Waals surface area contributed by atoms with Crippen LogP contribution in [0.15, 0.2) is 46.7 Å². The van der Waals surface area contributed by atoms with Gasteiger partial charge in [0.25, 0.3) is 0 Å². The molecule has 0 saturated carbocycles. The minimum Gasteiger partial charge on any atom is -0.469 e. The molecule has 0 bridgehead atoms. The molecule has 0 radical (unpaired) electrons. The summed E-state index contributed by atoms with van der Waals surface area (Å²) in [5.74, 6) is -0.733. The number of hydrogen-bond acceptors (Lipinski definition) is 6. The second kappa shape index (κ2) is 7.01. The molecule has 1 aliphatic heterocycles. The minimum atomic E-state index is -1.29. The number of carbonyl (C=O) groups is 1. The number of aliphatic imine (C=N–C) groups is 1. The van der Waals surface area contributed by atoms with Crippen LogP contribution >= 0.6 is 0 Å². The fourth-order valence-electron chi connectivity index (χ4n) is 3.00. The SMILES string of the molecule is CC1=C(C(=O)OC(C)(C)C)C(c2ccccc2)C(C)(N=C(C#N)C#N)O1.